The van der Waals surface area contributed by atoms with E-state index in [0.717, 1.165) is 32.4 Å². The van der Waals surface area contributed by atoms with Crippen LogP contribution >= 0.6 is 0 Å². The third-order valence-corrected chi connectivity index (χ3v) is 5.41. The number of rotatable bonds is 7. The SMILES string of the molecule is O=C(CN1CCCN(C(=O)c2cccc(F)c2)CC1)NCCCN1CCCC1=O. The molecule has 0 bridgehead atoms. The van der Waals surface area contributed by atoms with Crippen LogP contribution in [-0.4, -0.2) is 84.8 Å². The smallest absolute Gasteiger partial charge is 0.254 e. The van der Waals surface area contributed by atoms with Crippen molar-refractivity contribution in [2.75, 3.05) is 52.4 Å². The molecule has 0 saturated carbocycles. The topological polar surface area (TPSA) is 73.0 Å². The Labute approximate surface area is 170 Å². The second-order valence-corrected chi connectivity index (χ2v) is 7.62. The van der Waals surface area contributed by atoms with Crippen LogP contribution in [0.3, 0.4) is 0 Å². The Hall–Kier alpha value is -2.48. The van der Waals surface area contributed by atoms with Crippen molar-refractivity contribution < 1.29 is 18.8 Å². The first-order valence-electron chi connectivity index (χ1n) is 10.3. The first-order chi connectivity index (χ1) is 14.0. The number of halogens is 1. The second-order valence-electron chi connectivity index (χ2n) is 7.62. The van der Waals surface area contributed by atoms with Gasteiger partial charge >= 0.3 is 0 Å². The van der Waals surface area contributed by atoms with Crippen molar-refractivity contribution in [3.05, 3.63) is 35.6 Å². The van der Waals surface area contributed by atoms with Crippen molar-refractivity contribution in [3.63, 3.8) is 0 Å². The molecule has 8 heteroatoms. The molecular formula is C21H29FN4O3. The van der Waals surface area contributed by atoms with Gasteiger partial charge in [-0.15, -0.1) is 0 Å². The lowest BCUT2D eigenvalue weighted by atomic mass is 10.2. The van der Waals surface area contributed by atoms with Crippen LogP contribution in [-0.2, 0) is 9.59 Å². The van der Waals surface area contributed by atoms with Gasteiger partial charge in [0.25, 0.3) is 5.91 Å². The lowest BCUT2D eigenvalue weighted by Crippen LogP contribution is -2.40. The molecule has 2 saturated heterocycles. The maximum Gasteiger partial charge on any atom is 0.254 e. The van der Waals surface area contributed by atoms with E-state index in [1.807, 2.05) is 9.80 Å². The fraction of sp³-hybridized carbons (Fsp3) is 0.571. The van der Waals surface area contributed by atoms with E-state index in [1.165, 1.54) is 18.2 Å². The zero-order chi connectivity index (χ0) is 20.6. The minimum Gasteiger partial charge on any atom is -0.355 e. The van der Waals surface area contributed by atoms with Gasteiger partial charge in [0.1, 0.15) is 5.82 Å². The fourth-order valence-electron chi connectivity index (χ4n) is 3.83. The lowest BCUT2D eigenvalue weighted by Gasteiger charge is -2.22. The highest BCUT2D eigenvalue weighted by Gasteiger charge is 2.22. The minimum absolute atomic E-state index is 0.0392. The zero-order valence-corrected chi connectivity index (χ0v) is 16.7. The Balaban J connectivity index is 1.37. The van der Waals surface area contributed by atoms with Crippen LogP contribution in [0.4, 0.5) is 4.39 Å². The second kappa shape index (κ2) is 10.3. The quantitative estimate of drug-likeness (QED) is 0.691. The van der Waals surface area contributed by atoms with Gasteiger partial charge in [-0.25, -0.2) is 4.39 Å². The number of nitrogens with one attached hydrogen (secondary N) is 1. The number of hydrogen-bond acceptors (Lipinski definition) is 4. The van der Waals surface area contributed by atoms with Crippen molar-refractivity contribution in [2.45, 2.75) is 25.7 Å². The van der Waals surface area contributed by atoms with Crippen molar-refractivity contribution in [2.24, 2.45) is 0 Å². The van der Waals surface area contributed by atoms with Gasteiger partial charge in [-0.2, -0.15) is 0 Å². The molecule has 0 atom stereocenters. The highest BCUT2D eigenvalue weighted by atomic mass is 19.1. The molecule has 29 heavy (non-hydrogen) atoms. The molecule has 2 aliphatic heterocycles. The van der Waals surface area contributed by atoms with E-state index in [2.05, 4.69) is 5.32 Å². The summed E-state index contributed by atoms with van der Waals surface area (Å²) in [7, 11) is 0. The monoisotopic (exact) mass is 404 g/mol. The Kier molecular flexibility index (Phi) is 7.57. The molecule has 1 N–H and O–H groups in total. The van der Waals surface area contributed by atoms with Gasteiger partial charge in [-0.1, -0.05) is 6.07 Å². The zero-order valence-electron chi connectivity index (χ0n) is 16.7. The molecule has 2 fully saturated rings. The van der Waals surface area contributed by atoms with Crippen LogP contribution in [0, 0.1) is 5.82 Å². The van der Waals surface area contributed by atoms with Crippen LogP contribution in [0.5, 0.6) is 0 Å². The van der Waals surface area contributed by atoms with Crippen LogP contribution in [0.1, 0.15) is 36.0 Å². The Morgan fingerprint density at radius 3 is 2.69 bits per heavy atom. The van der Waals surface area contributed by atoms with Crippen LogP contribution in [0.2, 0.25) is 0 Å². The number of amides is 3. The largest absolute Gasteiger partial charge is 0.355 e. The minimum atomic E-state index is -0.418. The number of likely N-dealkylation sites (tertiary alicyclic amines) is 1. The molecule has 3 rings (SSSR count). The van der Waals surface area contributed by atoms with Gasteiger partial charge in [0.05, 0.1) is 6.54 Å². The number of carbonyl (C=O) groups excluding carboxylic acids is 3. The van der Waals surface area contributed by atoms with Gasteiger partial charge in [-0.3, -0.25) is 19.3 Å². The molecule has 0 unspecified atom stereocenters. The van der Waals surface area contributed by atoms with Crippen molar-refractivity contribution >= 4 is 17.7 Å². The summed E-state index contributed by atoms with van der Waals surface area (Å²) in [5.74, 6) is -0.425. The Morgan fingerprint density at radius 2 is 1.93 bits per heavy atom. The first-order valence-corrected chi connectivity index (χ1v) is 10.3. The average Bonchev–Trinajstić information content (AvgIpc) is 2.97. The predicted octanol–water partition coefficient (Wildman–Crippen LogP) is 1.10. The molecule has 2 heterocycles. The van der Waals surface area contributed by atoms with Crippen molar-refractivity contribution in [3.8, 4) is 0 Å². The summed E-state index contributed by atoms with van der Waals surface area (Å²) in [6.07, 6.45) is 3.09. The molecule has 0 aromatic heterocycles. The maximum atomic E-state index is 13.4. The molecule has 0 spiro atoms. The standard InChI is InChI=1S/C21H29FN4O3/c22-18-6-1-5-17(15-18)21(29)26-12-4-9-24(13-14-26)16-19(27)23-8-3-11-25-10-2-7-20(25)28/h1,5-6,15H,2-4,7-14,16H2,(H,23,27). The first kappa shape index (κ1) is 21.2. The molecule has 1 aromatic carbocycles. The van der Waals surface area contributed by atoms with Gasteiger partial charge < -0.3 is 15.1 Å². The normalized spacial score (nSPS) is 18.0. The number of hydrogen-bond donors (Lipinski definition) is 1. The molecule has 0 aliphatic carbocycles. The molecule has 3 amide bonds. The summed E-state index contributed by atoms with van der Waals surface area (Å²) in [4.78, 5) is 42.0. The summed E-state index contributed by atoms with van der Waals surface area (Å²) < 4.78 is 13.4. The third kappa shape index (κ3) is 6.25. The van der Waals surface area contributed by atoms with E-state index in [9.17, 15) is 18.8 Å². The number of carbonyl (C=O) groups is 3. The van der Waals surface area contributed by atoms with Gasteiger partial charge in [0.2, 0.25) is 11.8 Å². The third-order valence-electron chi connectivity index (χ3n) is 5.41. The lowest BCUT2D eigenvalue weighted by molar-refractivity contribution is -0.127. The molecule has 7 nitrogen and oxygen atoms in total. The molecule has 1 aromatic rings. The van der Waals surface area contributed by atoms with Gasteiger partial charge in [0, 0.05) is 57.8 Å². The fourth-order valence-corrected chi connectivity index (χ4v) is 3.83. The van der Waals surface area contributed by atoms with Crippen LogP contribution in [0.25, 0.3) is 0 Å². The van der Waals surface area contributed by atoms with Gasteiger partial charge in [0.15, 0.2) is 0 Å². The predicted molar refractivity (Wildman–Crippen MR) is 107 cm³/mol. The van der Waals surface area contributed by atoms with E-state index in [4.69, 9.17) is 0 Å². The van der Waals surface area contributed by atoms with E-state index in [1.54, 1.807) is 11.0 Å². The highest BCUT2D eigenvalue weighted by molar-refractivity contribution is 5.94. The summed E-state index contributed by atoms with van der Waals surface area (Å²) in [5, 5.41) is 2.91. The van der Waals surface area contributed by atoms with E-state index < -0.39 is 5.82 Å². The number of benzene rings is 1. The molecule has 2 aliphatic rings. The van der Waals surface area contributed by atoms with Gasteiger partial charge in [-0.05, 0) is 37.5 Å². The summed E-state index contributed by atoms with van der Waals surface area (Å²) in [6, 6.07) is 5.74. The Bertz CT molecular complexity index is 742. The van der Waals surface area contributed by atoms with E-state index in [0.29, 0.717) is 51.3 Å². The summed E-state index contributed by atoms with van der Waals surface area (Å²) >= 11 is 0. The van der Waals surface area contributed by atoms with Crippen LogP contribution < -0.4 is 5.32 Å². The average molecular weight is 404 g/mol. The molecular weight excluding hydrogens is 375 g/mol. The van der Waals surface area contributed by atoms with Crippen molar-refractivity contribution in [1.82, 2.24) is 20.0 Å². The maximum absolute atomic E-state index is 13.4. The molecule has 158 valence electrons. The van der Waals surface area contributed by atoms with Crippen molar-refractivity contribution in [1.29, 1.82) is 0 Å². The summed E-state index contributed by atoms with van der Waals surface area (Å²) in [5.41, 5.74) is 0.354. The number of nitrogens with zero attached hydrogens (tertiary/aromatic N) is 3. The van der Waals surface area contributed by atoms with E-state index >= 15 is 0 Å². The Morgan fingerprint density at radius 1 is 1.07 bits per heavy atom. The summed E-state index contributed by atoms with van der Waals surface area (Å²) in [6.45, 7) is 4.83. The highest BCUT2D eigenvalue weighted by Crippen LogP contribution is 2.11. The molecule has 0 radical (unpaired) electrons. The van der Waals surface area contributed by atoms with E-state index in [-0.39, 0.29) is 17.7 Å². The van der Waals surface area contributed by atoms with Crippen LogP contribution in [0.15, 0.2) is 24.3 Å².